The Balaban J connectivity index is 3.38. The minimum absolute atomic E-state index is 0.0340. The molecule has 1 rings (SSSR count). The highest BCUT2D eigenvalue weighted by molar-refractivity contribution is 9.10. The number of rotatable bonds is 1. The molecule has 0 aromatic heterocycles. The summed E-state index contributed by atoms with van der Waals surface area (Å²) in [6, 6.07) is 2.07. The first-order valence-electron chi connectivity index (χ1n) is 4.15. The number of benzene rings is 1. The zero-order valence-corrected chi connectivity index (χ0v) is 9.74. The molecule has 3 nitrogen and oxygen atoms in total. The van der Waals surface area contributed by atoms with E-state index in [0.717, 1.165) is 13.0 Å². The zero-order chi connectivity index (χ0) is 12.5. The summed E-state index contributed by atoms with van der Waals surface area (Å²) in [4.78, 5) is 10.8. The molecule has 0 aliphatic rings. The van der Waals surface area contributed by atoms with Crippen LogP contribution < -0.4 is 11.1 Å². The van der Waals surface area contributed by atoms with Crippen LogP contribution in [0.3, 0.4) is 0 Å². The molecule has 88 valence electrons. The predicted octanol–water partition coefficient (Wildman–Crippen LogP) is 3.01. The quantitative estimate of drug-likeness (QED) is 0.783. The Hall–Kier alpha value is -1.24. The lowest BCUT2D eigenvalue weighted by Gasteiger charge is -2.15. The number of nitrogens with two attached hydrogens (primary N) is 1. The third kappa shape index (κ3) is 2.88. The number of carbonyl (C=O) groups is 1. The Labute approximate surface area is 97.9 Å². The van der Waals surface area contributed by atoms with E-state index in [1.54, 1.807) is 0 Å². The van der Waals surface area contributed by atoms with Gasteiger partial charge in [-0.05, 0) is 28.1 Å². The lowest BCUT2D eigenvalue weighted by Crippen LogP contribution is -2.15. The molecule has 0 saturated heterocycles. The summed E-state index contributed by atoms with van der Waals surface area (Å²) in [6.07, 6.45) is -4.57. The first-order valence-corrected chi connectivity index (χ1v) is 4.95. The van der Waals surface area contributed by atoms with Crippen molar-refractivity contribution in [2.75, 3.05) is 11.1 Å². The Morgan fingerprint density at radius 1 is 1.44 bits per heavy atom. The maximum atomic E-state index is 12.6. The van der Waals surface area contributed by atoms with Crippen LogP contribution in [-0.4, -0.2) is 5.91 Å². The summed E-state index contributed by atoms with van der Waals surface area (Å²) in [7, 11) is 0. The van der Waals surface area contributed by atoms with Crippen molar-refractivity contribution in [2.45, 2.75) is 13.1 Å². The number of nitrogen functional groups attached to an aromatic ring is 1. The van der Waals surface area contributed by atoms with Crippen LogP contribution in [0, 0.1) is 0 Å². The van der Waals surface area contributed by atoms with Crippen LogP contribution in [0.5, 0.6) is 0 Å². The van der Waals surface area contributed by atoms with E-state index in [1.807, 2.05) is 0 Å². The summed E-state index contributed by atoms with van der Waals surface area (Å²) in [5.74, 6) is -0.587. The van der Waals surface area contributed by atoms with Gasteiger partial charge in [-0.3, -0.25) is 4.79 Å². The summed E-state index contributed by atoms with van der Waals surface area (Å²) < 4.78 is 38.0. The van der Waals surface area contributed by atoms with Crippen molar-refractivity contribution in [3.63, 3.8) is 0 Å². The van der Waals surface area contributed by atoms with Crippen molar-refractivity contribution in [3.8, 4) is 0 Å². The van der Waals surface area contributed by atoms with E-state index in [4.69, 9.17) is 5.73 Å². The van der Waals surface area contributed by atoms with E-state index in [2.05, 4.69) is 21.2 Å². The topological polar surface area (TPSA) is 55.1 Å². The second kappa shape index (κ2) is 4.32. The number of anilines is 2. The van der Waals surface area contributed by atoms with E-state index < -0.39 is 17.6 Å². The van der Waals surface area contributed by atoms with E-state index in [1.165, 1.54) is 6.07 Å². The summed E-state index contributed by atoms with van der Waals surface area (Å²) >= 11 is 2.92. The Morgan fingerprint density at radius 3 is 2.44 bits per heavy atom. The standard InChI is InChI=1S/C9H8BrF3N2O/c1-4(16)15-8-6(9(11,12)13)2-5(14)3-7(8)10/h2-3H,14H2,1H3,(H,15,16). The Morgan fingerprint density at radius 2 is 2.00 bits per heavy atom. The maximum absolute atomic E-state index is 12.6. The van der Waals surface area contributed by atoms with Gasteiger partial charge in [0.05, 0.1) is 11.3 Å². The molecule has 1 amide bonds. The van der Waals surface area contributed by atoms with Gasteiger partial charge in [-0.2, -0.15) is 13.2 Å². The number of alkyl halides is 3. The van der Waals surface area contributed by atoms with Gasteiger partial charge in [0.1, 0.15) is 0 Å². The van der Waals surface area contributed by atoms with Gasteiger partial charge in [0.15, 0.2) is 0 Å². The second-order valence-electron chi connectivity index (χ2n) is 3.10. The van der Waals surface area contributed by atoms with E-state index >= 15 is 0 Å². The van der Waals surface area contributed by atoms with Crippen molar-refractivity contribution in [1.82, 2.24) is 0 Å². The fourth-order valence-corrected chi connectivity index (χ4v) is 1.73. The Bertz CT molecular complexity index is 431. The van der Waals surface area contributed by atoms with Crippen LogP contribution in [0.2, 0.25) is 0 Å². The van der Waals surface area contributed by atoms with Gasteiger partial charge in [-0.1, -0.05) is 0 Å². The molecule has 0 aliphatic carbocycles. The zero-order valence-electron chi connectivity index (χ0n) is 8.15. The molecule has 0 saturated carbocycles. The van der Waals surface area contributed by atoms with Crippen LogP contribution in [0.4, 0.5) is 24.5 Å². The molecule has 0 unspecified atom stereocenters. The highest BCUT2D eigenvalue weighted by atomic mass is 79.9. The molecule has 1 aromatic rings. The molecule has 0 radical (unpaired) electrons. The van der Waals surface area contributed by atoms with Gasteiger partial charge in [0.2, 0.25) is 5.91 Å². The van der Waals surface area contributed by atoms with Crippen LogP contribution >= 0.6 is 15.9 Å². The fraction of sp³-hybridized carbons (Fsp3) is 0.222. The van der Waals surface area contributed by atoms with Crippen LogP contribution in [0.1, 0.15) is 12.5 Å². The largest absolute Gasteiger partial charge is 0.418 e. The molecule has 16 heavy (non-hydrogen) atoms. The molecule has 0 atom stereocenters. The average Bonchev–Trinajstić information content (AvgIpc) is 2.06. The van der Waals surface area contributed by atoms with Crippen molar-refractivity contribution >= 4 is 33.2 Å². The molecular formula is C9H8BrF3N2O. The van der Waals surface area contributed by atoms with Gasteiger partial charge in [0, 0.05) is 17.1 Å². The minimum Gasteiger partial charge on any atom is -0.399 e. The SMILES string of the molecule is CC(=O)Nc1c(Br)cc(N)cc1C(F)(F)F. The predicted molar refractivity (Wildman–Crippen MR) is 57.9 cm³/mol. The smallest absolute Gasteiger partial charge is 0.399 e. The maximum Gasteiger partial charge on any atom is 0.418 e. The lowest BCUT2D eigenvalue weighted by atomic mass is 10.1. The molecule has 0 spiro atoms. The van der Waals surface area contributed by atoms with E-state index in [0.29, 0.717) is 0 Å². The van der Waals surface area contributed by atoms with Crippen LogP contribution in [0.15, 0.2) is 16.6 Å². The van der Waals surface area contributed by atoms with Crippen molar-refractivity contribution in [1.29, 1.82) is 0 Å². The number of carbonyl (C=O) groups excluding carboxylic acids is 1. The van der Waals surface area contributed by atoms with Crippen LogP contribution in [0.25, 0.3) is 0 Å². The molecule has 3 N–H and O–H groups in total. The van der Waals surface area contributed by atoms with Crippen molar-refractivity contribution in [2.24, 2.45) is 0 Å². The first-order chi connectivity index (χ1) is 7.21. The van der Waals surface area contributed by atoms with E-state index in [-0.39, 0.29) is 15.8 Å². The average molecular weight is 297 g/mol. The molecule has 0 fully saturated rings. The first kappa shape index (κ1) is 12.8. The number of hydrogen-bond donors (Lipinski definition) is 2. The van der Waals surface area contributed by atoms with Gasteiger partial charge in [-0.25, -0.2) is 0 Å². The number of halogens is 4. The Kier molecular flexibility index (Phi) is 3.47. The third-order valence-corrected chi connectivity index (χ3v) is 2.34. The molecule has 0 bridgehead atoms. The molecule has 1 aromatic carbocycles. The summed E-state index contributed by atoms with van der Waals surface area (Å²) in [5, 5.41) is 2.11. The third-order valence-electron chi connectivity index (χ3n) is 1.72. The lowest BCUT2D eigenvalue weighted by molar-refractivity contribution is -0.137. The second-order valence-corrected chi connectivity index (χ2v) is 3.96. The van der Waals surface area contributed by atoms with Gasteiger partial charge < -0.3 is 11.1 Å². The molecule has 7 heteroatoms. The van der Waals surface area contributed by atoms with Crippen molar-refractivity contribution < 1.29 is 18.0 Å². The van der Waals surface area contributed by atoms with Gasteiger partial charge >= 0.3 is 6.18 Å². The normalized spacial score (nSPS) is 11.3. The highest BCUT2D eigenvalue weighted by Crippen LogP contribution is 2.40. The van der Waals surface area contributed by atoms with Gasteiger partial charge in [-0.15, -0.1) is 0 Å². The van der Waals surface area contributed by atoms with Crippen LogP contribution in [-0.2, 0) is 11.0 Å². The summed E-state index contributed by atoms with van der Waals surface area (Å²) in [5.41, 5.74) is 3.98. The molecular weight excluding hydrogens is 289 g/mol. The minimum atomic E-state index is -4.57. The monoisotopic (exact) mass is 296 g/mol. The number of hydrogen-bond acceptors (Lipinski definition) is 2. The number of amides is 1. The van der Waals surface area contributed by atoms with E-state index in [9.17, 15) is 18.0 Å². The fourth-order valence-electron chi connectivity index (χ4n) is 1.15. The number of nitrogens with one attached hydrogen (secondary N) is 1. The summed E-state index contributed by atoms with van der Waals surface area (Å²) in [6.45, 7) is 1.13. The highest BCUT2D eigenvalue weighted by Gasteiger charge is 2.35. The van der Waals surface area contributed by atoms with Gasteiger partial charge in [0.25, 0.3) is 0 Å². The molecule has 0 heterocycles. The van der Waals surface area contributed by atoms with Crippen molar-refractivity contribution in [3.05, 3.63) is 22.2 Å². The molecule has 0 aliphatic heterocycles.